The number of carbonyl (C=O) groups excluding carboxylic acids is 2. The maximum absolute atomic E-state index is 12.7. The van der Waals surface area contributed by atoms with E-state index in [-0.39, 0.29) is 17.0 Å². The Morgan fingerprint density at radius 3 is 2.04 bits per heavy atom. The molecule has 28 heavy (non-hydrogen) atoms. The summed E-state index contributed by atoms with van der Waals surface area (Å²) in [6.45, 7) is 7.48. The third-order valence-corrected chi connectivity index (χ3v) is 4.70. The lowest BCUT2D eigenvalue weighted by Crippen LogP contribution is -2.16. The SMILES string of the molecule is COC(=O)c1c(C)nc(C)c(C(=O)OC)c1-c1c(C(C)C)nn2ccccc12. The molecule has 0 amide bonds. The zero-order valence-corrected chi connectivity index (χ0v) is 16.9. The first-order valence-corrected chi connectivity index (χ1v) is 8.97. The van der Waals surface area contributed by atoms with Crippen LogP contribution in [0.5, 0.6) is 0 Å². The van der Waals surface area contributed by atoms with Crippen LogP contribution in [0.3, 0.4) is 0 Å². The highest BCUT2D eigenvalue weighted by molar-refractivity contribution is 6.09. The highest BCUT2D eigenvalue weighted by atomic mass is 16.5. The van der Waals surface area contributed by atoms with Crippen LogP contribution in [0.4, 0.5) is 0 Å². The van der Waals surface area contributed by atoms with E-state index < -0.39 is 11.9 Å². The number of fused-ring (bicyclic) bond motifs is 1. The molecule has 3 aromatic heterocycles. The van der Waals surface area contributed by atoms with Crippen LogP contribution in [0.25, 0.3) is 16.6 Å². The summed E-state index contributed by atoms with van der Waals surface area (Å²) >= 11 is 0. The Morgan fingerprint density at radius 2 is 1.54 bits per heavy atom. The maximum atomic E-state index is 12.7. The molecule has 0 saturated heterocycles. The number of ether oxygens (including phenoxy) is 2. The molecular weight excluding hydrogens is 358 g/mol. The van der Waals surface area contributed by atoms with Crippen LogP contribution < -0.4 is 0 Å². The Bertz CT molecular complexity index is 1040. The van der Waals surface area contributed by atoms with Gasteiger partial charge in [0.15, 0.2) is 0 Å². The molecule has 0 spiro atoms. The second-order valence-electron chi connectivity index (χ2n) is 6.84. The van der Waals surface area contributed by atoms with Gasteiger partial charge in [0.2, 0.25) is 0 Å². The van der Waals surface area contributed by atoms with E-state index in [9.17, 15) is 9.59 Å². The molecule has 7 heteroatoms. The summed E-state index contributed by atoms with van der Waals surface area (Å²) in [4.78, 5) is 29.8. The first-order chi connectivity index (χ1) is 13.3. The van der Waals surface area contributed by atoms with Crippen molar-refractivity contribution in [3.05, 3.63) is 52.6 Å². The van der Waals surface area contributed by atoms with Crippen molar-refractivity contribution in [1.29, 1.82) is 0 Å². The summed E-state index contributed by atoms with van der Waals surface area (Å²) in [7, 11) is 2.62. The van der Waals surface area contributed by atoms with Crippen LogP contribution >= 0.6 is 0 Å². The van der Waals surface area contributed by atoms with E-state index in [1.165, 1.54) is 14.2 Å². The molecule has 3 aromatic rings. The van der Waals surface area contributed by atoms with Gasteiger partial charge in [-0.3, -0.25) is 4.98 Å². The van der Waals surface area contributed by atoms with E-state index in [1.54, 1.807) is 18.4 Å². The van der Waals surface area contributed by atoms with Crippen LogP contribution in [0.2, 0.25) is 0 Å². The van der Waals surface area contributed by atoms with E-state index in [0.717, 1.165) is 11.2 Å². The highest BCUT2D eigenvalue weighted by Crippen LogP contribution is 2.39. The molecule has 0 N–H and O–H groups in total. The Labute approximate surface area is 163 Å². The van der Waals surface area contributed by atoms with Crippen molar-refractivity contribution in [1.82, 2.24) is 14.6 Å². The van der Waals surface area contributed by atoms with Gasteiger partial charge in [-0.15, -0.1) is 0 Å². The summed E-state index contributed by atoms with van der Waals surface area (Å²) in [5.74, 6) is -1.06. The van der Waals surface area contributed by atoms with Crippen molar-refractivity contribution in [3.63, 3.8) is 0 Å². The minimum atomic E-state index is -0.560. The molecule has 0 aliphatic carbocycles. The lowest BCUT2D eigenvalue weighted by atomic mass is 9.89. The Hall–Kier alpha value is -3.22. The van der Waals surface area contributed by atoms with Crippen LogP contribution in [-0.2, 0) is 9.47 Å². The van der Waals surface area contributed by atoms with Gasteiger partial charge in [0, 0.05) is 17.3 Å². The third kappa shape index (κ3) is 3.02. The van der Waals surface area contributed by atoms with E-state index >= 15 is 0 Å². The van der Waals surface area contributed by atoms with Crippen molar-refractivity contribution in [2.45, 2.75) is 33.6 Å². The smallest absolute Gasteiger partial charge is 0.340 e. The number of aromatic nitrogens is 3. The monoisotopic (exact) mass is 381 g/mol. The van der Waals surface area contributed by atoms with Gasteiger partial charge >= 0.3 is 11.9 Å². The number of nitrogens with zero attached hydrogens (tertiary/aromatic N) is 3. The van der Waals surface area contributed by atoms with Crippen molar-refractivity contribution >= 4 is 17.5 Å². The fourth-order valence-corrected chi connectivity index (χ4v) is 3.48. The highest BCUT2D eigenvalue weighted by Gasteiger charge is 2.31. The van der Waals surface area contributed by atoms with Crippen molar-refractivity contribution in [2.75, 3.05) is 14.2 Å². The number of aryl methyl sites for hydroxylation is 2. The Morgan fingerprint density at radius 1 is 0.964 bits per heavy atom. The fourth-order valence-electron chi connectivity index (χ4n) is 3.48. The predicted molar refractivity (Wildman–Crippen MR) is 105 cm³/mol. The number of hydrogen-bond donors (Lipinski definition) is 0. The lowest BCUT2D eigenvalue weighted by molar-refractivity contribution is 0.0599. The van der Waals surface area contributed by atoms with Crippen LogP contribution in [-0.4, -0.2) is 40.8 Å². The number of carbonyl (C=O) groups is 2. The molecule has 0 fully saturated rings. The molecule has 0 aliphatic heterocycles. The van der Waals surface area contributed by atoms with Gasteiger partial charge in [-0.1, -0.05) is 19.9 Å². The molecule has 0 bridgehead atoms. The number of pyridine rings is 2. The molecule has 0 radical (unpaired) electrons. The predicted octanol–water partition coefficient (Wildman–Crippen LogP) is 3.71. The minimum Gasteiger partial charge on any atom is -0.465 e. The van der Waals surface area contributed by atoms with Gasteiger partial charge in [0.1, 0.15) is 0 Å². The van der Waals surface area contributed by atoms with Gasteiger partial charge in [-0.05, 0) is 31.9 Å². The largest absolute Gasteiger partial charge is 0.465 e. The fraction of sp³-hybridized carbons (Fsp3) is 0.333. The molecule has 0 saturated carbocycles. The first kappa shape index (κ1) is 19.5. The van der Waals surface area contributed by atoms with E-state index in [1.807, 2.05) is 38.2 Å². The van der Waals surface area contributed by atoms with Crippen molar-refractivity contribution < 1.29 is 19.1 Å². The Kier molecular flexibility index (Phi) is 5.18. The van der Waals surface area contributed by atoms with Crippen LogP contribution in [0.1, 0.15) is 57.6 Å². The van der Waals surface area contributed by atoms with Gasteiger partial charge in [-0.25, -0.2) is 14.1 Å². The molecule has 3 heterocycles. The van der Waals surface area contributed by atoms with Gasteiger partial charge in [-0.2, -0.15) is 5.10 Å². The molecule has 7 nitrogen and oxygen atoms in total. The lowest BCUT2D eigenvalue weighted by Gasteiger charge is -2.18. The third-order valence-electron chi connectivity index (χ3n) is 4.70. The standard InChI is InChI=1S/C21H23N3O4/c1-11(2)19-17(14-9-7-8-10-24(14)23-19)18-15(20(25)27-5)12(3)22-13(4)16(18)21(26)28-6/h7-11H,1-6H3. The van der Waals surface area contributed by atoms with E-state index in [2.05, 4.69) is 4.98 Å². The molecule has 146 valence electrons. The summed E-state index contributed by atoms with van der Waals surface area (Å²) in [5, 5.41) is 4.69. The normalized spacial score (nSPS) is 11.1. The molecule has 3 rings (SSSR count). The summed E-state index contributed by atoms with van der Waals surface area (Å²) in [6.07, 6.45) is 1.83. The molecule has 0 aliphatic rings. The molecule has 0 unspecified atom stereocenters. The van der Waals surface area contributed by atoms with Crippen molar-refractivity contribution in [3.8, 4) is 11.1 Å². The van der Waals surface area contributed by atoms with Crippen LogP contribution in [0.15, 0.2) is 24.4 Å². The molecular formula is C21H23N3O4. The number of hydrogen-bond acceptors (Lipinski definition) is 6. The van der Waals surface area contributed by atoms with Crippen molar-refractivity contribution in [2.24, 2.45) is 0 Å². The molecule has 0 aromatic carbocycles. The number of methoxy groups -OCH3 is 2. The van der Waals surface area contributed by atoms with E-state index in [4.69, 9.17) is 14.6 Å². The summed E-state index contributed by atoms with van der Waals surface area (Å²) in [6, 6.07) is 5.67. The number of esters is 2. The zero-order chi connectivity index (χ0) is 20.6. The minimum absolute atomic E-state index is 0.0553. The van der Waals surface area contributed by atoms with E-state index in [0.29, 0.717) is 22.5 Å². The average Bonchev–Trinajstić information content (AvgIpc) is 3.06. The summed E-state index contributed by atoms with van der Waals surface area (Å²) in [5.41, 5.74) is 4.17. The van der Waals surface area contributed by atoms with Crippen LogP contribution in [0, 0.1) is 13.8 Å². The second-order valence-corrected chi connectivity index (χ2v) is 6.84. The zero-order valence-electron chi connectivity index (χ0n) is 16.9. The molecule has 0 atom stereocenters. The summed E-state index contributed by atoms with van der Waals surface area (Å²) < 4.78 is 11.8. The average molecular weight is 381 g/mol. The van der Waals surface area contributed by atoms with Gasteiger partial charge in [0.25, 0.3) is 0 Å². The maximum Gasteiger partial charge on any atom is 0.340 e. The Balaban J connectivity index is 2.58. The number of rotatable bonds is 4. The quantitative estimate of drug-likeness (QED) is 0.641. The first-order valence-electron chi connectivity index (χ1n) is 8.97. The van der Waals surface area contributed by atoms with Gasteiger partial charge < -0.3 is 9.47 Å². The second kappa shape index (κ2) is 7.42. The van der Waals surface area contributed by atoms with Gasteiger partial charge in [0.05, 0.1) is 47.9 Å². The topological polar surface area (TPSA) is 82.8 Å².